The van der Waals surface area contributed by atoms with Crippen LogP contribution in [-0.4, -0.2) is 11.2 Å². The normalized spacial score (nSPS) is 14.3. The Morgan fingerprint density at radius 1 is 0.955 bits per heavy atom. The van der Waals surface area contributed by atoms with E-state index in [1.807, 2.05) is 36.7 Å². The molecular weight excluding hydrogens is 275 g/mol. The van der Waals surface area contributed by atoms with Gasteiger partial charge >= 0.3 is 0 Å². The van der Waals surface area contributed by atoms with Crippen LogP contribution in [0.15, 0.2) is 65.8 Å². The van der Waals surface area contributed by atoms with Crippen molar-refractivity contribution in [1.82, 2.24) is 4.98 Å². The first kappa shape index (κ1) is 14.4. The number of pyridine rings is 1. The second-order valence-electron chi connectivity index (χ2n) is 5.84. The van der Waals surface area contributed by atoms with E-state index in [2.05, 4.69) is 36.0 Å². The predicted molar refractivity (Wildman–Crippen MR) is 89.3 cm³/mol. The Kier molecular flexibility index (Phi) is 3.72. The predicted octanol–water partition coefficient (Wildman–Crippen LogP) is 5.05. The lowest BCUT2D eigenvalue weighted by Crippen LogP contribution is -2.14. The van der Waals surface area contributed by atoms with Gasteiger partial charge in [0.25, 0.3) is 0 Å². The molecule has 0 atom stereocenters. The van der Waals surface area contributed by atoms with Crippen molar-refractivity contribution in [2.45, 2.75) is 19.3 Å². The summed E-state index contributed by atoms with van der Waals surface area (Å²) in [6, 6.07) is 16.8. The molecule has 0 radical (unpaired) electrons. The third kappa shape index (κ3) is 2.89. The molecule has 2 aromatic carbocycles. The van der Waals surface area contributed by atoms with Crippen LogP contribution in [-0.2, 0) is 5.41 Å². The van der Waals surface area contributed by atoms with Crippen LogP contribution in [0, 0.1) is 5.82 Å². The van der Waals surface area contributed by atoms with Crippen LogP contribution < -0.4 is 0 Å². The van der Waals surface area contributed by atoms with Crippen LogP contribution in [0.5, 0.6) is 0 Å². The summed E-state index contributed by atoms with van der Waals surface area (Å²) in [5.74, 6) is -0.219. The Hall–Kier alpha value is -2.55. The first-order chi connectivity index (χ1) is 10.6. The summed E-state index contributed by atoms with van der Waals surface area (Å²) in [4.78, 5) is 8.33. The Morgan fingerprint density at radius 3 is 2.55 bits per heavy atom. The van der Waals surface area contributed by atoms with E-state index in [9.17, 15) is 4.39 Å². The molecule has 0 fully saturated rings. The smallest absolute Gasteiger partial charge is 0.125 e. The van der Waals surface area contributed by atoms with Crippen molar-refractivity contribution in [2.24, 2.45) is 4.99 Å². The van der Waals surface area contributed by atoms with Crippen molar-refractivity contribution < 1.29 is 4.39 Å². The van der Waals surface area contributed by atoms with Gasteiger partial charge in [-0.3, -0.25) is 9.98 Å². The fourth-order valence-corrected chi connectivity index (χ4v) is 2.47. The van der Waals surface area contributed by atoms with Gasteiger partial charge in [-0.15, -0.1) is 0 Å². The van der Waals surface area contributed by atoms with Gasteiger partial charge < -0.3 is 0 Å². The molecule has 0 saturated heterocycles. The highest BCUT2D eigenvalue weighted by atomic mass is 19.1. The van der Waals surface area contributed by atoms with Gasteiger partial charge in [0.1, 0.15) is 5.82 Å². The lowest BCUT2D eigenvalue weighted by molar-refractivity contribution is 0.626. The third-order valence-corrected chi connectivity index (χ3v) is 3.69. The molecule has 0 N–H and O–H groups in total. The summed E-state index contributed by atoms with van der Waals surface area (Å²) >= 11 is 0. The van der Waals surface area contributed by atoms with E-state index in [-0.39, 0.29) is 11.2 Å². The lowest BCUT2D eigenvalue weighted by Gasteiger charge is -2.14. The van der Waals surface area contributed by atoms with E-state index in [0.29, 0.717) is 0 Å². The maximum atomic E-state index is 12.7. The van der Waals surface area contributed by atoms with Gasteiger partial charge in [-0.05, 0) is 29.8 Å². The number of hydrogen-bond acceptors (Lipinski definition) is 2. The van der Waals surface area contributed by atoms with Crippen LogP contribution in [0.25, 0.3) is 10.9 Å². The van der Waals surface area contributed by atoms with Crippen LogP contribution in [0.4, 0.5) is 10.1 Å². The standard InChI is InChI=1S/C10H10FN.C9H7N/c1-10(2)6-12-9-5-7(11)3-4-8(9)10;1-2-6-9-8(4-1)5-3-7-10-9/h3-6H,1-2H3;1-7H. The number of benzene rings is 2. The van der Waals surface area contributed by atoms with Crippen LogP contribution in [0.1, 0.15) is 19.4 Å². The highest BCUT2D eigenvalue weighted by Gasteiger charge is 2.26. The number of fused-ring (bicyclic) bond motifs is 2. The van der Waals surface area contributed by atoms with E-state index in [1.54, 1.807) is 6.07 Å². The average molecular weight is 292 g/mol. The molecule has 2 nitrogen and oxygen atoms in total. The largest absolute Gasteiger partial charge is 0.260 e. The Morgan fingerprint density at radius 2 is 1.73 bits per heavy atom. The summed E-state index contributed by atoms with van der Waals surface area (Å²) in [6.07, 6.45) is 3.67. The number of para-hydroxylation sites is 1. The first-order valence-electron chi connectivity index (χ1n) is 7.21. The Labute approximate surface area is 129 Å². The molecule has 0 aliphatic carbocycles. The van der Waals surface area contributed by atoms with E-state index in [4.69, 9.17) is 0 Å². The molecule has 3 aromatic rings. The van der Waals surface area contributed by atoms with Crippen LogP contribution >= 0.6 is 0 Å². The summed E-state index contributed by atoms with van der Waals surface area (Å²) < 4.78 is 12.7. The number of aliphatic imine (C=N–C) groups is 1. The van der Waals surface area contributed by atoms with E-state index >= 15 is 0 Å². The van der Waals surface area contributed by atoms with E-state index in [1.165, 1.54) is 17.5 Å². The van der Waals surface area contributed by atoms with Crippen LogP contribution in [0.2, 0.25) is 0 Å². The monoisotopic (exact) mass is 292 g/mol. The number of halogens is 1. The minimum absolute atomic E-state index is 0.0387. The summed E-state index contributed by atoms with van der Waals surface area (Å²) in [7, 11) is 0. The molecule has 22 heavy (non-hydrogen) atoms. The molecule has 110 valence electrons. The summed E-state index contributed by atoms with van der Waals surface area (Å²) in [6.45, 7) is 4.14. The van der Waals surface area contributed by atoms with Crippen molar-refractivity contribution in [1.29, 1.82) is 0 Å². The topological polar surface area (TPSA) is 25.2 Å². The molecule has 0 amide bonds. The van der Waals surface area contributed by atoms with Crippen LogP contribution in [0.3, 0.4) is 0 Å². The van der Waals surface area contributed by atoms with Crippen molar-refractivity contribution in [2.75, 3.05) is 0 Å². The second-order valence-corrected chi connectivity index (χ2v) is 5.84. The van der Waals surface area contributed by atoms with Gasteiger partial charge in [0.05, 0.1) is 11.2 Å². The zero-order valence-electron chi connectivity index (χ0n) is 12.6. The summed E-state index contributed by atoms with van der Waals surface area (Å²) in [5, 5.41) is 1.20. The summed E-state index contributed by atoms with van der Waals surface area (Å²) in [5.41, 5.74) is 2.89. The molecule has 0 spiro atoms. The molecule has 4 rings (SSSR count). The highest BCUT2D eigenvalue weighted by Crippen LogP contribution is 2.36. The first-order valence-corrected chi connectivity index (χ1v) is 7.21. The van der Waals surface area contributed by atoms with Gasteiger partial charge in [0, 0.05) is 23.2 Å². The quantitative estimate of drug-likeness (QED) is 0.569. The maximum Gasteiger partial charge on any atom is 0.125 e. The van der Waals surface area contributed by atoms with E-state index < -0.39 is 0 Å². The fraction of sp³-hybridized carbons (Fsp3) is 0.158. The number of nitrogens with zero attached hydrogens (tertiary/aromatic N) is 2. The highest BCUT2D eigenvalue weighted by molar-refractivity contribution is 5.84. The Balaban J connectivity index is 0.000000133. The lowest BCUT2D eigenvalue weighted by atomic mass is 9.87. The minimum atomic E-state index is -0.219. The van der Waals surface area contributed by atoms with Gasteiger partial charge in [0.2, 0.25) is 0 Å². The van der Waals surface area contributed by atoms with E-state index in [0.717, 1.165) is 16.8 Å². The molecular formula is C19H17FN2. The minimum Gasteiger partial charge on any atom is -0.260 e. The second kappa shape index (κ2) is 5.68. The molecule has 3 heteroatoms. The molecule has 1 aliphatic heterocycles. The number of aromatic nitrogens is 1. The molecule has 0 unspecified atom stereocenters. The van der Waals surface area contributed by atoms with Gasteiger partial charge in [-0.25, -0.2) is 4.39 Å². The molecule has 1 aliphatic rings. The zero-order valence-corrected chi connectivity index (χ0v) is 12.6. The van der Waals surface area contributed by atoms with Gasteiger partial charge in [-0.1, -0.05) is 44.2 Å². The van der Waals surface area contributed by atoms with Crippen molar-refractivity contribution >= 4 is 22.8 Å². The van der Waals surface area contributed by atoms with Crippen molar-refractivity contribution in [3.8, 4) is 0 Å². The van der Waals surface area contributed by atoms with Gasteiger partial charge in [0.15, 0.2) is 0 Å². The molecule has 0 bridgehead atoms. The third-order valence-electron chi connectivity index (χ3n) is 3.69. The SMILES string of the molecule is CC1(C)C=Nc2cc(F)ccc21.c1ccc2ncccc2c1. The molecule has 0 saturated carbocycles. The maximum absolute atomic E-state index is 12.7. The number of rotatable bonds is 0. The number of hydrogen-bond donors (Lipinski definition) is 0. The molecule has 1 aromatic heterocycles. The average Bonchev–Trinajstić information content (AvgIpc) is 2.83. The Bertz CT molecular complexity index is 772. The zero-order chi connectivity index (χ0) is 15.6. The molecule has 2 heterocycles. The van der Waals surface area contributed by atoms with Gasteiger partial charge in [-0.2, -0.15) is 0 Å². The van der Waals surface area contributed by atoms with Crippen molar-refractivity contribution in [3.63, 3.8) is 0 Å². The fourth-order valence-electron chi connectivity index (χ4n) is 2.47. The van der Waals surface area contributed by atoms with Crippen molar-refractivity contribution in [3.05, 3.63) is 72.2 Å².